The molecule has 2 aromatic rings. The van der Waals surface area contributed by atoms with E-state index in [9.17, 15) is 13.2 Å². The minimum atomic E-state index is -5.08. The summed E-state index contributed by atoms with van der Waals surface area (Å²) in [4.78, 5) is 23.2. The van der Waals surface area contributed by atoms with E-state index in [0.29, 0.717) is 5.95 Å². The first-order valence-corrected chi connectivity index (χ1v) is 12.4. The molecule has 194 valence electrons. The largest absolute Gasteiger partial charge is 0.490 e. The molecule has 1 fully saturated rings. The molecule has 2 heterocycles. The van der Waals surface area contributed by atoms with E-state index in [0.717, 1.165) is 34.8 Å². The summed E-state index contributed by atoms with van der Waals surface area (Å²) in [6.07, 6.45) is 0.187. The molecule has 1 saturated heterocycles. The van der Waals surface area contributed by atoms with Gasteiger partial charge < -0.3 is 20.2 Å². The molecule has 0 saturated carbocycles. The van der Waals surface area contributed by atoms with Gasteiger partial charge in [0.15, 0.2) is 0 Å². The Bertz CT molecular complexity index is 969. The molecule has 0 amide bonds. The standard InChI is InChI=1S/C22H32BrN5.C2HF3O2/c1-4-28(14-8-13-27-11-6-5-7-12-27)21-16-18(3)24-22(26-21)25-20-10-9-17(2)15-19(20)23;3-2(4,5)1(6)7/h9-10,15-16H,4-8,11-14H2,1-3H3,(H,24,25,26);(H,6,7). The molecular weight excluding hydrogens is 527 g/mol. The summed E-state index contributed by atoms with van der Waals surface area (Å²) < 4.78 is 32.8. The van der Waals surface area contributed by atoms with E-state index in [4.69, 9.17) is 14.9 Å². The number of aryl methyl sites for hydroxylation is 2. The van der Waals surface area contributed by atoms with E-state index in [2.05, 4.69) is 74.1 Å². The first kappa shape index (κ1) is 28.8. The number of likely N-dealkylation sites (tertiary alicyclic amines) is 1. The van der Waals surface area contributed by atoms with Crippen molar-refractivity contribution in [2.75, 3.05) is 42.9 Å². The van der Waals surface area contributed by atoms with Crippen molar-refractivity contribution < 1.29 is 23.1 Å². The molecule has 1 aromatic carbocycles. The SMILES string of the molecule is CCN(CCCN1CCCCC1)c1cc(C)nc(Nc2ccc(C)cc2Br)n1.O=C(O)C(F)(F)F. The molecule has 2 N–H and O–H groups in total. The lowest BCUT2D eigenvalue weighted by atomic mass is 10.1. The normalized spacial score (nSPS) is 14.1. The number of hydrogen-bond acceptors (Lipinski definition) is 6. The molecule has 0 radical (unpaired) electrons. The molecule has 0 unspecified atom stereocenters. The van der Waals surface area contributed by atoms with Crippen molar-refractivity contribution in [3.05, 3.63) is 40.0 Å². The van der Waals surface area contributed by atoms with E-state index >= 15 is 0 Å². The average Bonchev–Trinajstić information content (AvgIpc) is 2.79. The molecule has 35 heavy (non-hydrogen) atoms. The van der Waals surface area contributed by atoms with Crippen LogP contribution in [0.25, 0.3) is 0 Å². The number of aliphatic carboxylic acids is 1. The zero-order chi connectivity index (χ0) is 26.0. The van der Waals surface area contributed by atoms with Gasteiger partial charge in [-0.25, -0.2) is 9.78 Å². The summed E-state index contributed by atoms with van der Waals surface area (Å²) in [5, 5.41) is 10.5. The fourth-order valence-corrected chi connectivity index (χ4v) is 4.31. The first-order valence-electron chi connectivity index (χ1n) is 11.7. The van der Waals surface area contributed by atoms with Crippen molar-refractivity contribution in [2.45, 2.75) is 52.6 Å². The highest BCUT2D eigenvalue weighted by Crippen LogP contribution is 2.26. The van der Waals surface area contributed by atoms with Gasteiger partial charge in [-0.15, -0.1) is 0 Å². The summed E-state index contributed by atoms with van der Waals surface area (Å²) in [6, 6.07) is 8.32. The Kier molecular flexibility index (Phi) is 11.2. The zero-order valence-electron chi connectivity index (χ0n) is 20.3. The van der Waals surface area contributed by atoms with Gasteiger partial charge in [0.05, 0.1) is 5.69 Å². The Hall–Kier alpha value is -2.40. The van der Waals surface area contributed by atoms with Crippen LogP contribution in [0.15, 0.2) is 28.7 Å². The van der Waals surface area contributed by atoms with Crippen molar-refractivity contribution in [3.8, 4) is 0 Å². The lowest BCUT2D eigenvalue weighted by molar-refractivity contribution is -0.192. The van der Waals surface area contributed by atoms with Crippen molar-refractivity contribution in [3.63, 3.8) is 0 Å². The highest BCUT2D eigenvalue weighted by Gasteiger charge is 2.38. The topological polar surface area (TPSA) is 81.6 Å². The van der Waals surface area contributed by atoms with E-state index in [1.54, 1.807) is 0 Å². The van der Waals surface area contributed by atoms with Gasteiger partial charge in [-0.05, 0) is 93.3 Å². The minimum Gasteiger partial charge on any atom is -0.475 e. The van der Waals surface area contributed by atoms with Crippen LogP contribution in [0.3, 0.4) is 0 Å². The molecule has 0 atom stereocenters. The molecule has 1 aromatic heterocycles. The fourth-order valence-electron chi connectivity index (χ4n) is 3.71. The fraction of sp³-hybridized carbons (Fsp3) is 0.542. The number of carboxylic acid groups (broad SMARTS) is 1. The Balaban J connectivity index is 0.000000540. The van der Waals surface area contributed by atoms with Crippen molar-refractivity contribution in [1.29, 1.82) is 0 Å². The number of carboxylic acids is 1. The van der Waals surface area contributed by atoms with Crippen LogP contribution >= 0.6 is 15.9 Å². The third-order valence-electron chi connectivity index (χ3n) is 5.51. The number of alkyl halides is 3. The summed E-state index contributed by atoms with van der Waals surface area (Å²) in [5.74, 6) is -1.11. The van der Waals surface area contributed by atoms with Gasteiger partial charge in [0, 0.05) is 29.3 Å². The molecular formula is C24H33BrF3N5O2. The van der Waals surface area contributed by atoms with E-state index in [1.165, 1.54) is 50.9 Å². The Labute approximate surface area is 212 Å². The summed E-state index contributed by atoms with van der Waals surface area (Å²) >= 11 is 3.62. The van der Waals surface area contributed by atoms with Gasteiger partial charge in [0.2, 0.25) is 5.95 Å². The molecule has 0 bridgehead atoms. The van der Waals surface area contributed by atoms with Gasteiger partial charge >= 0.3 is 12.1 Å². The van der Waals surface area contributed by atoms with Crippen LogP contribution in [0.2, 0.25) is 0 Å². The predicted molar refractivity (Wildman–Crippen MR) is 135 cm³/mol. The second-order valence-corrected chi connectivity index (χ2v) is 9.29. The van der Waals surface area contributed by atoms with E-state index < -0.39 is 12.1 Å². The van der Waals surface area contributed by atoms with Crippen LogP contribution in [0, 0.1) is 13.8 Å². The number of aromatic nitrogens is 2. The monoisotopic (exact) mass is 559 g/mol. The molecule has 11 heteroatoms. The van der Waals surface area contributed by atoms with Gasteiger partial charge in [0.25, 0.3) is 0 Å². The molecule has 1 aliphatic rings. The van der Waals surface area contributed by atoms with Gasteiger partial charge in [-0.2, -0.15) is 18.2 Å². The predicted octanol–water partition coefficient (Wildman–Crippen LogP) is 5.94. The number of carbonyl (C=O) groups is 1. The number of rotatable bonds is 8. The molecule has 3 rings (SSSR count). The third-order valence-corrected chi connectivity index (χ3v) is 6.17. The van der Waals surface area contributed by atoms with Crippen LogP contribution in [0.5, 0.6) is 0 Å². The minimum absolute atomic E-state index is 0.647. The van der Waals surface area contributed by atoms with E-state index in [1.807, 2.05) is 6.92 Å². The number of halogens is 4. The van der Waals surface area contributed by atoms with Crippen molar-refractivity contribution >= 4 is 39.4 Å². The van der Waals surface area contributed by atoms with Gasteiger partial charge in [-0.3, -0.25) is 0 Å². The van der Waals surface area contributed by atoms with Crippen LogP contribution < -0.4 is 10.2 Å². The molecule has 1 aliphatic heterocycles. The lowest BCUT2D eigenvalue weighted by Crippen LogP contribution is -2.33. The van der Waals surface area contributed by atoms with Gasteiger partial charge in [-0.1, -0.05) is 12.5 Å². The third kappa shape index (κ3) is 10.0. The second-order valence-electron chi connectivity index (χ2n) is 8.44. The van der Waals surface area contributed by atoms with Gasteiger partial charge in [0.1, 0.15) is 5.82 Å². The Morgan fingerprint density at radius 3 is 2.40 bits per heavy atom. The average molecular weight is 560 g/mol. The first-order chi connectivity index (χ1) is 16.5. The lowest BCUT2D eigenvalue weighted by Gasteiger charge is -2.28. The van der Waals surface area contributed by atoms with Crippen molar-refractivity contribution in [2.24, 2.45) is 0 Å². The summed E-state index contributed by atoms with van der Waals surface area (Å²) in [6.45, 7) is 12.0. The zero-order valence-corrected chi connectivity index (χ0v) is 21.9. The summed E-state index contributed by atoms with van der Waals surface area (Å²) in [7, 11) is 0. The highest BCUT2D eigenvalue weighted by molar-refractivity contribution is 9.10. The number of piperidine rings is 1. The number of anilines is 3. The smallest absolute Gasteiger partial charge is 0.475 e. The van der Waals surface area contributed by atoms with Crippen molar-refractivity contribution in [1.82, 2.24) is 14.9 Å². The number of nitrogens with one attached hydrogen (secondary N) is 1. The highest BCUT2D eigenvalue weighted by atomic mass is 79.9. The molecule has 7 nitrogen and oxygen atoms in total. The van der Waals surface area contributed by atoms with Crippen LogP contribution in [-0.2, 0) is 4.79 Å². The second kappa shape index (κ2) is 13.6. The van der Waals surface area contributed by atoms with E-state index in [-0.39, 0.29) is 0 Å². The maximum Gasteiger partial charge on any atom is 0.490 e. The van der Waals surface area contributed by atoms with Crippen LogP contribution in [0.4, 0.5) is 30.6 Å². The Morgan fingerprint density at radius 1 is 1.17 bits per heavy atom. The number of benzene rings is 1. The number of hydrogen-bond donors (Lipinski definition) is 2. The quantitative estimate of drug-likeness (QED) is 0.414. The maximum absolute atomic E-state index is 10.6. The van der Waals surface area contributed by atoms with Crippen LogP contribution in [0.1, 0.15) is 43.9 Å². The molecule has 0 spiro atoms. The Morgan fingerprint density at radius 2 is 1.83 bits per heavy atom. The summed E-state index contributed by atoms with van der Waals surface area (Å²) in [5.41, 5.74) is 3.18. The molecule has 0 aliphatic carbocycles. The maximum atomic E-state index is 10.6. The number of nitrogens with zero attached hydrogens (tertiary/aromatic N) is 4. The van der Waals surface area contributed by atoms with Crippen LogP contribution in [-0.4, -0.2) is 64.8 Å².